The summed E-state index contributed by atoms with van der Waals surface area (Å²) in [5, 5.41) is 34.7. The van der Waals surface area contributed by atoms with Crippen LogP contribution in [0, 0.1) is 0 Å². The molecule has 0 saturated carbocycles. The normalized spacial score (nSPS) is 18.4. The third kappa shape index (κ3) is 3.72. The first-order valence-electron chi connectivity index (χ1n) is 3.32. The summed E-state index contributed by atoms with van der Waals surface area (Å²) < 4.78 is 11.6. The highest BCUT2D eigenvalue weighted by atomic mass is 19.1. The molecule has 0 aromatic rings. The van der Waals surface area contributed by atoms with E-state index in [9.17, 15) is 9.18 Å². The molecule has 0 rings (SSSR count). The Kier molecular flexibility index (Phi) is 4.91. The third-order valence-corrected chi connectivity index (χ3v) is 1.35. The Morgan fingerprint density at radius 3 is 2.08 bits per heavy atom. The summed E-state index contributed by atoms with van der Waals surface area (Å²) in [5.74, 6) is 0. The molecule has 6 heteroatoms. The van der Waals surface area contributed by atoms with Crippen molar-refractivity contribution in [2.45, 2.75) is 24.7 Å². The van der Waals surface area contributed by atoms with E-state index < -0.39 is 37.4 Å². The summed E-state index contributed by atoms with van der Waals surface area (Å²) >= 11 is 0. The summed E-state index contributed by atoms with van der Waals surface area (Å²) in [4.78, 5) is 9.79. The van der Waals surface area contributed by atoms with Gasteiger partial charge in [0.2, 0.25) is 0 Å². The van der Waals surface area contributed by atoms with Crippen molar-refractivity contribution < 1.29 is 29.6 Å². The molecule has 72 valence electrons. The van der Waals surface area contributed by atoms with Gasteiger partial charge >= 0.3 is 6.04 Å². The predicted molar refractivity (Wildman–Crippen MR) is 35.8 cm³/mol. The number of carbonyl (C=O) groups excluding carboxylic acids is 1. The minimum atomic E-state index is -1.79. The molecule has 0 heterocycles. The van der Waals surface area contributed by atoms with Crippen molar-refractivity contribution in [1.82, 2.24) is 0 Å². The monoisotopic (exact) mass is 182 g/mol. The van der Waals surface area contributed by atoms with Crippen LogP contribution in [0.2, 0.25) is 0 Å². The predicted octanol–water partition coefficient (Wildman–Crippen LogP) is -2.05. The van der Waals surface area contributed by atoms with Gasteiger partial charge in [-0.1, -0.05) is 0 Å². The lowest BCUT2D eigenvalue weighted by Crippen LogP contribution is -2.40. The smallest absolute Gasteiger partial charge is 0.304 e. The second-order valence-electron chi connectivity index (χ2n) is 2.37. The van der Waals surface area contributed by atoms with Crippen LogP contribution in [0.15, 0.2) is 0 Å². The van der Waals surface area contributed by atoms with Crippen LogP contribution in [0.5, 0.6) is 0 Å². The van der Waals surface area contributed by atoms with Crippen molar-refractivity contribution in [2.75, 3.05) is 6.61 Å². The fourth-order valence-corrected chi connectivity index (χ4v) is 0.650. The van der Waals surface area contributed by atoms with Gasteiger partial charge in [0.15, 0.2) is 0 Å². The number of rotatable bonds is 5. The number of aliphatic hydroxyl groups is 4. The molecule has 0 amide bonds. The first kappa shape index (κ1) is 11.4. The van der Waals surface area contributed by atoms with Crippen molar-refractivity contribution in [1.29, 1.82) is 0 Å². The zero-order chi connectivity index (χ0) is 9.72. The van der Waals surface area contributed by atoms with Gasteiger partial charge in [0, 0.05) is 0 Å². The molecule has 0 aliphatic carbocycles. The first-order chi connectivity index (χ1) is 5.49. The lowest BCUT2D eigenvalue weighted by molar-refractivity contribution is -0.136. The van der Waals surface area contributed by atoms with Crippen molar-refractivity contribution in [3.05, 3.63) is 0 Å². The zero-order valence-electron chi connectivity index (χ0n) is 6.22. The van der Waals surface area contributed by atoms with E-state index in [-0.39, 0.29) is 0 Å². The molecule has 0 aromatic carbocycles. The molecule has 0 radical (unpaired) electrons. The lowest BCUT2D eigenvalue weighted by Gasteiger charge is -2.19. The molecule has 4 N–H and O–H groups in total. The van der Waals surface area contributed by atoms with E-state index in [0.717, 1.165) is 0 Å². The Balaban J connectivity index is 3.91. The fraction of sp³-hybridized carbons (Fsp3) is 0.833. The van der Waals surface area contributed by atoms with Gasteiger partial charge in [0.1, 0.15) is 12.2 Å². The van der Waals surface area contributed by atoms with Gasteiger partial charge in [-0.2, -0.15) is 4.39 Å². The van der Waals surface area contributed by atoms with E-state index >= 15 is 0 Å². The maximum atomic E-state index is 11.6. The largest absolute Gasteiger partial charge is 0.394 e. The number of aliphatic hydroxyl groups excluding tert-OH is 4. The van der Waals surface area contributed by atoms with Gasteiger partial charge in [-0.3, -0.25) is 4.79 Å². The van der Waals surface area contributed by atoms with Crippen LogP contribution in [0.3, 0.4) is 0 Å². The van der Waals surface area contributed by atoms with Crippen LogP contribution < -0.4 is 0 Å². The Hall–Kier alpha value is -0.560. The summed E-state index contributed by atoms with van der Waals surface area (Å²) in [6, 6.07) is -1.79. The Bertz CT molecular complexity index is 151. The summed E-state index contributed by atoms with van der Waals surface area (Å²) in [7, 11) is 0. The Morgan fingerprint density at radius 2 is 1.75 bits per heavy atom. The van der Waals surface area contributed by atoms with Crippen molar-refractivity contribution in [3.63, 3.8) is 0 Å². The SMILES string of the molecule is O=C([19F])C[C@@H](O)[C@H](O)[C@H](O)CO. The fourth-order valence-electron chi connectivity index (χ4n) is 0.650. The molecule has 12 heavy (non-hydrogen) atoms. The van der Waals surface area contributed by atoms with Crippen LogP contribution >= 0.6 is 0 Å². The van der Waals surface area contributed by atoms with Gasteiger partial charge < -0.3 is 20.4 Å². The Labute approximate surface area is 68.1 Å². The second kappa shape index (κ2) is 5.15. The van der Waals surface area contributed by atoms with Crippen molar-refractivity contribution in [3.8, 4) is 0 Å². The lowest BCUT2D eigenvalue weighted by atomic mass is 10.1. The molecule has 0 saturated heterocycles. The highest BCUT2D eigenvalue weighted by Gasteiger charge is 2.25. The number of hydrogen-bond acceptors (Lipinski definition) is 5. The number of halogens is 1. The van der Waals surface area contributed by atoms with E-state index in [1.807, 2.05) is 0 Å². The molecule has 0 unspecified atom stereocenters. The summed E-state index contributed by atoms with van der Waals surface area (Å²) in [5.41, 5.74) is 0. The minimum Gasteiger partial charge on any atom is -0.394 e. The topological polar surface area (TPSA) is 98.0 Å². The maximum absolute atomic E-state index is 11.6. The van der Waals surface area contributed by atoms with Crippen LogP contribution in [0.25, 0.3) is 0 Å². The van der Waals surface area contributed by atoms with Crippen molar-refractivity contribution in [2.24, 2.45) is 0 Å². The van der Waals surface area contributed by atoms with Gasteiger partial charge in [-0.05, 0) is 0 Å². The average molecular weight is 182 g/mol. The van der Waals surface area contributed by atoms with Gasteiger partial charge in [-0.15, -0.1) is 0 Å². The average Bonchev–Trinajstić information content (AvgIpc) is 2.00. The molecule has 3 atom stereocenters. The zero-order valence-corrected chi connectivity index (χ0v) is 6.22. The van der Waals surface area contributed by atoms with Crippen molar-refractivity contribution >= 4 is 6.04 Å². The molecular formula is C6H11FO5. The molecule has 0 aliphatic heterocycles. The molecule has 5 nitrogen and oxygen atoms in total. The standard InChI is InChI=1S/C6H11FO5/c7-5(11)1-3(9)6(12)4(10)2-8/h3-4,6,8-10,12H,1-2H2/t3-,4-,6+/m1/s1/i7+0. The van der Waals surface area contributed by atoms with E-state index in [1.54, 1.807) is 0 Å². The van der Waals surface area contributed by atoms with E-state index in [1.165, 1.54) is 0 Å². The van der Waals surface area contributed by atoms with Gasteiger partial charge in [0.25, 0.3) is 0 Å². The van der Waals surface area contributed by atoms with Crippen LogP contribution in [0.4, 0.5) is 4.39 Å². The molecule has 0 bridgehead atoms. The van der Waals surface area contributed by atoms with E-state index in [2.05, 4.69) is 0 Å². The van der Waals surface area contributed by atoms with Gasteiger partial charge in [0.05, 0.1) is 19.1 Å². The van der Waals surface area contributed by atoms with E-state index in [4.69, 9.17) is 20.4 Å². The molecular weight excluding hydrogens is 171 g/mol. The Morgan fingerprint density at radius 1 is 1.25 bits per heavy atom. The van der Waals surface area contributed by atoms with Gasteiger partial charge in [-0.25, -0.2) is 0 Å². The highest BCUT2D eigenvalue weighted by molar-refractivity contribution is 5.68. The van der Waals surface area contributed by atoms with Crippen LogP contribution in [-0.4, -0.2) is 51.4 Å². The second-order valence-corrected chi connectivity index (χ2v) is 2.37. The first-order valence-corrected chi connectivity index (χ1v) is 3.32. The number of carbonyl (C=O) groups is 1. The van der Waals surface area contributed by atoms with Crippen LogP contribution in [0.1, 0.15) is 6.42 Å². The molecule has 0 fully saturated rings. The summed E-state index contributed by atoms with van der Waals surface area (Å²) in [6.07, 6.45) is -5.86. The maximum Gasteiger partial charge on any atom is 0.304 e. The highest BCUT2D eigenvalue weighted by Crippen LogP contribution is 2.04. The summed E-state index contributed by atoms with van der Waals surface area (Å²) in [6.45, 7) is -0.765. The van der Waals surface area contributed by atoms with Crippen LogP contribution in [-0.2, 0) is 4.79 Å². The molecule has 0 aromatic heterocycles. The van der Waals surface area contributed by atoms with E-state index in [0.29, 0.717) is 0 Å². The minimum absolute atomic E-state index is 0.765. The number of hydrogen-bond donors (Lipinski definition) is 4. The molecule has 0 spiro atoms. The third-order valence-electron chi connectivity index (χ3n) is 1.35. The quantitative estimate of drug-likeness (QED) is 0.367. The molecule has 0 aliphatic rings.